The maximum atomic E-state index is 13.3. The van der Waals surface area contributed by atoms with E-state index in [1.807, 2.05) is 49.5 Å². The zero-order valence-corrected chi connectivity index (χ0v) is 16.2. The van der Waals surface area contributed by atoms with E-state index in [9.17, 15) is 4.79 Å². The summed E-state index contributed by atoms with van der Waals surface area (Å²) in [6.45, 7) is 0.773. The molecule has 0 saturated heterocycles. The van der Waals surface area contributed by atoms with Crippen molar-refractivity contribution in [3.63, 3.8) is 0 Å². The molecule has 3 aromatic heterocycles. The largest absolute Gasteiger partial charge is 0.328 e. The predicted molar refractivity (Wildman–Crippen MR) is 108 cm³/mol. The molecule has 0 fully saturated rings. The minimum absolute atomic E-state index is 0.0400. The molecule has 0 unspecified atom stereocenters. The number of aryl methyl sites for hydroxylation is 1. The van der Waals surface area contributed by atoms with Crippen molar-refractivity contribution >= 4 is 38.9 Å². The number of aromatic nitrogens is 3. The van der Waals surface area contributed by atoms with Gasteiger partial charge in [-0.15, -0.1) is 11.3 Å². The average Bonchev–Trinajstić information content (AvgIpc) is 3.24. The summed E-state index contributed by atoms with van der Waals surface area (Å²) in [5.74, 6) is -0.0400. The van der Waals surface area contributed by atoms with Crippen molar-refractivity contribution < 1.29 is 4.79 Å². The van der Waals surface area contributed by atoms with Crippen molar-refractivity contribution in [1.82, 2.24) is 19.7 Å². The van der Waals surface area contributed by atoms with E-state index < -0.39 is 0 Å². The Kier molecular flexibility index (Phi) is 4.92. The highest BCUT2D eigenvalue weighted by Crippen LogP contribution is 2.27. The smallest absolute Gasteiger partial charge is 0.264 e. The first-order valence-corrected chi connectivity index (χ1v) is 9.64. The lowest BCUT2D eigenvalue weighted by Gasteiger charge is -2.21. The van der Waals surface area contributed by atoms with Gasteiger partial charge in [0, 0.05) is 36.9 Å². The Labute approximate surface area is 165 Å². The van der Waals surface area contributed by atoms with E-state index in [4.69, 9.17) is 11.6 Å². The molecule has 0 radical (unpaired) electrons. The summed E-state index contributed by atoms with van der Waals surface area (Å²) >= 11 is 7.77. The lowest BCUT2D eigenvalue weighted by atomic mass is 10.2. The van der Waals surface area contributed by atoms with Crippen LogP contribution in [-0.2, 0) is 20.1 Å². The van der Waals surface area contributed by atoms with Crippen molar-refractivity contribution in [2.45, 2.75) is 13.1 Å². The average molecular weight is 397 g/mol. The van der Waals surface area contributed by atoms with E-state index in [-0.39, 0.29) is 5.91 Å². The fraction of sp³-hybridized carbons (Fsp3) is 0.150. The first kappa shape index (κ1) is 17.7. The Hall–Kier alpha value is -2.70. The first-order chi connectivity index (χ1) is 13.1. The molecule has 136 valence electrons. The monoisotopic (exact) mass is 396 g/mol. The molecule has 0 atom stereocenters. The van der Waals surface area contributed by atoms with Gasteiger partial charge in [-0.2, -0.15) is 5.10 Å². The van der Waals surface area contributed by atoms with Crippen molar-refractivity contribution in [3.05, 3.63) is 82.2 Å². The zero-order valence-electron chi connectivity index (χ0n) is 14.7. The standard InChI is InChI=1S/C20H17ClN4OS/c1-24-12-16(21)17(23-24)13-25(11-14-5-4-8-22-10-14)20(26)19-9-15-6-2-3-7-18(15)27-19/h2-10,12H,11,13H2,1H3. The summed E-state index contributed by atoms with van der Waals surface area (Å²) in [6, 6.07) is 13.8. The maximum absolute atomic E-state index is 13.3. The van der Waals surface area contributed by atoms with E-state index in [0.717, 1.165) is 15.6 Å². The normalized spacial score (nSPS) is 11.0. The number of hydrogen-bond donors (Lipinski definition) is 0. The molecule has 0 aliphatic carbocycles. The van der Waals surface area contributed by atoms with Crippen molar-refractivity contribution in [2.75, 3.05) is 0 Å². The van der Waals surface area contributed by atoms with Crippen LogP contribution in [-0.4, -0.2) is 25.6 Å². The molecule has 0 N–H and O–H groups in total. The van der Waals surface area contributed by atoms with Gasteiger partial charge in [0.2, 0.25) is 0 Å². The van der Waals surface area contributed by atoms with E-state index in [1.165, 1.54) is 11.3 Å². The predicted octanol–water partition coefficient (Wildman–Crippen LogP) is 4.53. The highest BCUT2D eigenvalue weighted by molar-refractivity contribution is 7.20. The summed E-state index contributed by atoms with van der Waals surface area (Å²) < 4.78 is 2.75. The van der Waals surface area contributed by atoms with Crippen LogP contribution in [0.1, 0.15) is 20.9 Å². The van der Waals surface area contributed by atoms with Gasteiger partial charge in [0.15, 0.2) is 0 Å². The van der Waals surface area contributed by atoms with Crippen LogP contribution in [0.15, 0.2) is 61.1 Å². The topological polar surface area (TPSA) is 51.0 Å². The van der Waals surface area contributed by atoms with Crippen LogP contribution in [0, 0.1) is 0 Å². The van der Waals surface area contributed by atoms with Crippen LogP contribution in [0.5, 0.6) is 0 Å². The molecule has 4 rings (SSSR count). The third-order valence-corrected chi connectivity index (χ3v) is 5.63. The number of nitrogens with zero attached hydrogens (tertiary/aromatic N) is 4. The van der Waals surface area contributed by atoms with Crippen molar-refractivity contribution in [3.8, 4) is 0 Å². The molecule has 1 amide bonds. The number of thiophene rings is 1. The van der Waals surface area contributed by atoms with Crippen LogP contribution < -0.4 is 0 Å². The number of carbonyl (C=O) groups is 1. The van der Waals surface area contributed by atoms with E-state index in [2.05, 4.69) is 10.1 Å². The number of rotatable bonds is 5. The van der Waals surface area contributed by atoms with Crippen LogP contribution in [0.2, 0.25) is 5.02 Å². The second-order valence-electron chi connectivity index (χ2n) is 6.27. The summed E-state index contributed by atoms with van der Waals surface area (Å²) in [5.41, 5.74) is 1.64. The summed E-state index contributed by atoms with van der Waals surface area (Å²) in [4.78, 5) is 19.9. The highest BCUT2D eigenvalue weighted by Gasteiger charge is 2.21. The Morgan fingerprint density at radius 1 is 1.22 bits per heavy atom. The lowest BCUT2D eigenvalue weighted by Crippen LogP contribution is -2.30. The maximum Gasteiger partial charge on any atom is 0.264 e. The van der Waals surface area contributed by atoms with Crippen molar-refractivity contribution in [2.24, 2.45) is 7.05 Å². The Balaban J connectivity index is 1.67. The molecule has 0 saturated carbocycles. The van der Waals surface area contributed by atoms with E-state index in [0.29, 0.717) is 28.7 Å². The molecule has 1 aromatic carbocycles. The third kappa shape index (κ3) is 3.86. The second-order valence-corrected chi connectivity index (χ2v) is 7.76. The summed E-state index contributed by atoms with van der Waals surface area (Å²) in [6.07, 6.45) is 5.23. The molecule has 5 nitrogen and oxygen atoms in total. The second kappa shape index (κ2) is 7.50. The Morgan fingerprint density at radius 3 is 2.78 bits per heavy atom. The molecule has 0 aliphatic heterocycles. The van der Waals surface area contributed by atoms with Crippen LogP contribution in [0.4, 0.5) is 0 Å². The molecule has 7 heteroatoms. The fourth-order valence-electron chi connectivity index (χ4n) is 2.95. The van der Waals surface area contributed by atoms with Gasteiger partial charge in [0.25, 0.3) is 5.91 Å². The van der Waals surface area contributed by atoms with Crippen molar-refractivity contribution in [1.29, 1.82) is 0 Å². The molecule has 0 bridgehead atoms. The Bertz CT molecular complexity index is 1060. The molecule has 27 heavy (non-hydrogen) atoms. The van der Waals surface area contributed by atoms with Crippen LogP contribution in [0.3, 0.4) is 0 Å². The minimum atomic E-state index is -0.0400. The molecule has 0 aliphatic rings. The molecule has 0 spiro atoms. The zero-order chi connectivity index (χ0) is 18.8. The summed E-state index contributed by atoms with van der Waals surface area (Å²) in [7, 11) is 1.81. The van der Waals surface area contributed by atoms with Gasteiger partial charge in [-0.05, 0) is 29.1 Å². The quantitative estimate of drug-likeness (QED) is 0.498. The third-order valence-electron chi connectivity index (χ3n) is 4.21. The van der Waals surface area contributed by atoms with E-state index >= 15 is 0 Å². The van der Waals surface area contributed by atoms with Gasteiger partial charge in [0.05, 0.1) is 16.4 Å². The minimum Gasteiger partial charge on any atom is -0.328 e. The van der Waals surface area contributed by atoms with Gasteiger partial charge in [-0.3, -0.25) is 14.5 Å². The molecular weight excluding hydrogens is 380 g/mol. The number of hydrogen-bond acceptors (Lipinski definition) is 4. The number of benzene rings is 1. The molecule has 3 heterocycles. The van der Waals surface area contributed by atoms with Gasteiger partial charge < -0.3 is 4.90 Å². The first-order valence-electron chi connectivity index (χ1n) is 8.45. The SMILES string of the molecule is Cn1cc(Cl)c(CN(Cc2cccnc2)C(=O)c2cc3ccccc3s2)n1. The van der Waals surface area contributed by atoms with E-state index in [1.54, 1.807) is 28.2 Å². The highest BCUT2D eigenvalue weighted by atomic mass is 35.5. The van der Waals surface area contributed by atoms with Gasteiger partial charge in [-0.1, -0.05) is 35.9 Å². The van der Waals surface area contributed by atoms with Gasteiger partial charge in [-0.25, -0.2) is 0 Å². The Morgan fingerprint density at radius 2 is 2.07 bits per heavy atom. The van der Waals surface area contributed by atoms with Gasteiger partial charge >= 0.3 is 0 Å². The van der Waals surface area contributed by atoms with Crippen LogP contribution >= 0.6 is 22.9 Å². The van der Waals surface area contributed by atoms with Crippen LogP contribution in [0.25, 0.3) is 10.1 Å². The fourth-order valence-corrected chi connectivity index (χ4v) is 4.22. The number of fused-ring (bicyclic) bond motifs is 1. The molecule has 4 aromatic rings. The number of amides is 1. The number of halogens is 1. The lowest BCUT2D eigenvalue weighted by molar-refractivity contribution is 0.0732. The summed E-state index contributed by atoms with van der Waals surface area (Å²) in [5, 5.41) is 6.01. The van der Waals surface area contributed by atoms with Gasteiger partial charge in [0.1, 0.15) is 5.69 Å². The number of pyridine rings is 1. The molecular formula is C20H17ClN4OS. The number of carbonyl (C=O) groups excluding carboxylic acids is 1.